The van der Waals surface area contributed by atoms with E-state index in [1.54, 1.807) is 12.4 Å². The molecule has 0 amide bonds. The van der Waals surface area contributed by atoms with Gasteiger partial charge in [-0.3, -0.25) is 4.98 Å². The molecule has 2 rings (SSSR count). The fraction of sp³-hybridized carbons (Fsp3) is 0.615. The van der Waals surface area contributed by atoms with E-state index in [-0.39, 0.29) is 11.8 Å². The molecule has 5 nitrogen and oxygen atoms in total. The van der Waals surface area contributed by atoms with E-state index in [9.17, 15) is 8.42 Å². The van der Waals surface area contributed by atoms with Gasteiger partial charge in [0.05, 0.1) is 5.75 Å². The van der Waals surface area contributed by atoms with Crippen LogP contribution in [0.4, 0.5) is 0 Å². The second kappa shape index (κ2) is 6.45. The number of pyridine rings is 1. The topological polar surface area (TPSA) is 71.1 Å². The van der Waals surface area contributed by atoms with Gasteiger partial charge in [0, 0.05) is 24.5 Å². The first kappa shape index (κ1) is 14.4. The van der Waals surface area contributed by atoms with Gasteiger partial charge in [0.2, 0.25) is 10.0 Å². The van der Waals surface area contributed by atoms with Crippen molar-refractivity contribution in [1.82, 2.24) is 15.0 Å². The van der Waals surface area contributed by atoms with Gasteiger partial charge >= 0.3 is 0 Å². The van der Waals surface area contributed by atoms with E-state index in [4.69, 9.17) is 0 Å². The molecule has 0 aliphatic carbocycles. The van der Waals surface area contributed by atoms with Gasteiger partial charge in [-0.1, -0.05) is 0 Å². The normalized spacial score (nSPS) is 24.3. The Kier molecular flexibility index (Phi) is 4.90. The van der Waals surface area contributed by atoms with E-state index >= 15 is 0 Å². The van der Waals surface area contributed by atoms with Crippen LogP contribution < -0.4 is 10.0 Å². The van der Waals surface area contributed by atoms with Crippen molar-refractivity contribution < 1.29 is 8.42 Å². The van der Waals surface area contributed by atoms with Gasteiger partial charge in [0.1, 0.15) is 0 Å². The highest BCUT2D eigenvalue weighted by molar-refractivity contribution is 7.89. The molecule has 0 saturated carbocycles. The van der Waals surface area contributed by atoms with Crippen LogP contribution in [0.2, 0.25) is 0 Å². The minimum absolute atomic E-state index is 0.0682. The number of rotatable bonds is 5. The highest BCUT2D eigenvalue weighted by Crippen LogP contribution is 2.10. The molecule has 1 aromatic heterocycles. The predicted molar refractivity (Wildman–Crippen MR) is 75.4 cm³/mol. The van der Waals surface area contributed by atoms with Gasteiger partial charge in [0.25, 0.3) is 0 Å². The van der Waals surface area contributed by atoms with Gasteiger partial charge < -0.3 is 5.32 Å². The summed E-state index contributed by atoms with van der Waals surface area (Å²) in [6.45, 7) is 2.95. The van der Waals surface area contributed by atoms with Crippen LogP contribution in [0.25, 0.3) is 0 Å². The molecular weight excluding hydrogens is 262 g/mol. The summed E-state index contributed by atoms with van der Waals surface area (Å²) in [6, 6.07) is 4.14. The zero-order chi connectivity index (χ0) is 13.7. The minimum Gasteiger partial charge on any atom is -0.314 e. The van der Waals surface area contributed by atoms with Crippen molar-refractivity contribution in [2.45, 2.75) is 38.3 Å². The van der Waals surface area contributed by atoms with Gasteiger partial charge in [0.15, 0.2) is 0 Å². The fourth-order valence-electron chi connectivity index (χ4n) is 2.35. The lowest BCUT2D eigenvalue weighted by atomic mass is 10.0. The molecule has 19 heavy (non-hydrogen) atoms. The number of aryl methyl sites for hydroxylation is 1. The summed E-state index contributed by atoms with van der Waals surface area (Å²) in [5.74, 6) is 0.134. The average Bonchev–Trinajstić information content (AvgIpc) is 2.37. The van der Waals surface area contributed by atoms with Crippen LogP contribution in [0.15, 0.2) is 24.5 Å². The van der Waals surface area contributed by atoms with Gasteiger partial charge in [-0.15, -0.1) is 0 Å². The summed E-state index contributed by atoms with van der Waals surface area (Å²) >= 11 is 0. The third kappa shape index (κ3) is 4.89. The number of aromatic nitrogens is 1. The molecule has 106 valence electrons. The Labute approximate surface area is 114 Å². The van der Waals surface area contributed by atoms with Gasteiger partial charge in [-0.2, -0.15) is 0 Å². The van der Waals surface area contributed by atoms with Crippen molar-refractivity contribution in [2.75, 3.05) is 12.3 Å². The zero-order valence-electron chi connectivity index (χ0n) is 11.2. The number of piperidine rings is 1. The third-order valence-electron chi connectivity index (χ3n) is 3.38. The second-order valence-corrected chi connectivity index (χ2v) is 6.99. The fourth-order valence-corrected chi connectivity index (χ4v) is 3.70. The minimum atomic E-state index is -3.20. The van der Waals surface area contributed by atoms with Crippen LogP contribution in [-0.2, 0) is 16.4 Å². The molecular formula is C13H21N3O2S. The van der Waals surface area contributed by atoms with Crippen LogP contribution in [0.3, 0.4) is 0 Å². The van der Waals surface area contributed by atoms with Crippen LogP contribution in [0, 0.1) is 0 Å². The summed E-state index contributed by atoms with van der Waals surface area (Å²) in [4.78, 5) is 3.92. The summed E-state index contributed by atoms with van der Waals surface area (Å²) < 4.78 is 26.9. The summed E-state index contributed by atoms with van der Waals surface area (Å²) in [5.41, 5.74) is 0.999. The van der Waals surface area contributed by atoms with Gasteiger partial charge in [-0.25, -0.2) is 13.1 Å². The molecule has 0 aromatic carbocycles. The molecule has 0 radical (unpaired) electrons. The van der Waals surface area contributed by atoms with Crippen molar-refractivity contribution in [3.05, 3.63) is 30.1 Å². The molecule has 6 heteroatoms. The maximum Gasteiger partial charge on any atom is 0.212 e. The van der Waals surface area contributed by atoms with E-state index in [1.807, 2.05) is 12.1 Å². The second-order valence-electron chi connectivity index (χ2n) is 5.12. The molecule has 2 atom stereocenters. The monoisotopic (exact) mass is 283 g/mol. The molecule has 2 unspecified atom stereocenters. The van der Waals surface area contributed by atoms with E-state index in [0.717, 1.165) is 24.9 Å². The molecule has 0 spiro atoms. The lowest BCUT2D eigenvalue weighted by Gasteiger charge is -2.28. The number of sulfonamides is 1. The van der Waals surface area contributed by atoms with Gasteiger partial charge in [-0.05, 0) is 50.4 Å². The number of hydrogen-bond donors (Lipinski definition) is 2. The lowest BCUT2D eigenvalue weighted by molar-refractivity contribution is 0.361. The third-order valence-corrected chi connectivity index (χ3v) is 4.81. The number of nitrogens with zero attached hydrogens (tertiary/aromatic N) is 1. The molecule has 0 bridgehead atoms. The predicted octanol–water partition coefficient (Wildman–Crippen LogP) is 0.684. The van der Waals surface area contributed by atoms with E-state index in [1.165, 1.54) is 0 Å². The SMILES string of the molecule is CC1CC(NS(=O)(=O)CCc2ccncc2)CCN1. The molecule has 2 heterocycles. The Hall–Kier alpha value is -0.980. The Morgan fingerprint density at radius 3 is 2.84 bits per heavy atom. The van der Waals surface area contributed by atoms with Crippen molar-refractivity contribution >= 4 is 10.0 Å². The molecule has 2 N–H and O–H groups in total. The summed E-state index contributed by atoms with van der Waals surface area (Å²) in [5, 5.41) is 3.31. The van der Waals surface area contributed by atoms with Crippen LogP contribution in [0.1, 0.15) is 25.3 Å². The van der Waals surface area contributed by atoms with E-state index < -0.39 is 10.0 Å². The van der Waals surface area contributed by atoms with E-state index in [2.05, 4.69) is 21.9 Å². The van der Waals surface area contributed by atoms with Crippen molar-refractivity contribution in [3.63, 3.8) is 0 Å². The first-order valence-electron chi connectivity index (χ1n) is 6.67. The number of nitrogens with one attached hydrogen (secondary N) is 2. The van der Waals surface area contributed by atoms with Crippen molar-refractivity contribution in [2.24, 2.45) is 0 Å². The Morgan fingerprint density at radius 2 is 2.16 bits per heavy atom. The van der Waals surface area contributed by atoms with Crippen LogP contribution in [0.5, 0.6) is 0 Å². The molecule has 1 fully saturated rings. The first-order chi connectivity index (χ1) is 9.05. The number of hydrogen-bond acceptors (Lipinski definition) is 4. The molecule has 1 aliphatic rings. The van der Waals surface area contributed by atoms with Crippen molar-refractivity contribution in [1.29, 1.82) is 0 Å². The maximum atomic E-state index is 12.0. The van der Waals surface area contributed by atoms with Crippen molar-refractivity contribution in [3.8, 4) is 0 Å². The summed E-state index contributed by atoms with van der Waals surface area (Å²) in [7, 11) is -3.20. The maximum absolute atomic E-state index is 12.0. The average molecular weight is 283 g/mol. The highest BCUT2D eigenvalue weighted by Gasteiger charge is 2.22. The smallest absolute Gasteiger partial charge is 0.212 e. The molecule has 1 saturated heterocycles. The molecule has 1 aliphatic heterocycles. The van der Waals surface area contributed by atoms with E-state index in [0.29, 0.717) is 12.5 Å². The first-order valence-corrected chi connectivity index (χ1v) is 8.33. The van der Waals surface area contributed by atoms with Crippen LogP contribution in [-0.4, -0.2) is 37.8 Å². The largest absolute Gasteiger partial charge is 0.314 e. The Morgan fingerprint density at radius 1 is 1.42 bits per heavy atom. The zero-order valence-corrected chi connectivity index (χ0v) is 12.0. The molecule has 1 aromatic rings. The lowest BCUT2D eigenvalue weighted by Crippen LogP contribution is -2.47. The summed E-state index contributed by atoms with van der Waals surface area (Å²) in [6.07, 6.45) is 5.61. The highest BCUT2D eigenvalue weighted by atomic mass is 32.2. The van der Waals surface area contributed by atoms with Crippen LogP contribution >= 0.6 is 0 Å². The standard InChI is InChI=1S/C13H21N3O2S/c1-11-10-13(4-8-15-11)16-19(17,18)9-5-12-2-6-14-7-3-12/h2-3,6-7,11,13,15-16H,4-5,8-10H2,1H3. The Bertz CT molecular complexity index is 490. The Balaban J connectivity index is 1.85. The quantitative estimate of drug-likeness (QED) is 0.834.